The molecular weight excluding hydrogens is 250 g/mol. The first kappa shape index (κ1) is 12.9. The van der Waals surface area contributed by atoms with Gasteiger partial charge in [-0.15, -0.1) is 0 Å². The summed E-state index contributed by atoms with van der Waals surface area (Å²) in [6, 6.07) is 0.197. The maximum absolute atomic E-state index is 12.4. The molecule has 0 unspecified atom stereocenters. The fourth-order valence-electron chi connectivity index (χ4n) is 4.90. The summed E-state index contributed by atoms with van der Waals surface area (Å²) in [6.45, 7) is 5.08. The Labute approximate surface area is 109 Å². The van der Waals surface area contributed by atoms with Crippen molar-refractivity contribution in [3.63, 3.8) is 0 Å². The minimum atomic E-state index is -3.11. The van der Waals surface area contributed by atoms with Gasteiger partial charge in [-0.25, -0.2) is 8.42 Å². The minimum absolute atomic E-state index is 0.0219. The van der Waals surface area contributed by atoms with Gasteiger partial charge in [0.15, 0.2) is 0 Å². The molecule has 0 aromatic rings. The van der Waals surface area contributed by atoms with Crippen molar-refractivity contribution in [1.82, 2.24) is 4.31 Å². The summed E-state index contributed by atoms with van der Waals surface area (Å²) in [5.41, 5.74) is 0.130. The Morgan fingerprint density at radius 2 is 2.11 bits per heavy atom. The van der Waals surface area contributed by atoms with Crippen LogP contribution < -0.4 is 0 Å². The summed E-state index contributed by atoms with van der Waals surface area (Å²) in [4.78, 5) is 0. The van der Waals surface area contributed by atoms with E-state index >= 15 is 0 Å². The number of aliphatic hydroxyl groups excluding tert-OH is 1. The highest BCUT2D eigenvalue weighted by atomic mass is 32.2. The Hall–Kier alpha value is -0.130. The number of rotatable bonds is 3. The first-order chi connectivity index (χ1) is 8.35. The molecule has 18 heavy (non-hydrogen) atoms. The molecule has 1 heterocycles. The summed E-state index contributed by atoms with van der Waals surface area (Å²) in [5.74, 6) is 1.01. The van der Waals surface area contributed by atoms with E-state index in [1.807, 2.05) is 0 Å². The first-order valence-corrected chi connectivity index (χ1v) is 8.56. The summed E-state index contributed by atoms with van der Waals surface area (Å²) in [6.07, 6.45) is 3.83. The quantitative estimate of drug-likeness (QED) is 0.841. The maximum atomic E-state index is 12.4. The van der Waals surface area contributed by atoms with Crippen molar-refractivity contribution in [2.24, 2.45) is 16.7 Å². The van der Waals surface area contributed by atoms with Crippen LogP contribution in [0.5, 0.6) is 0 Å². The molecule has 0 radical (unpaired) electrons. The second-order valence-electron chi connectivity index (χ2n) is 6.81. The normalized spacial score (nSPS) is 44.4. The van der Waals surface area contributed by atoms with Crippen molar-refractivity contribution in [1.29, 1.82) is 0 Å². The highest BCUT2D eigenvalue weighted by Gasteiger charge is 2.71. The molecule has 3 rings (SSSR count). The molecule has 104 valence electrons. The molecule has 1 spiro atoms. The summed E-state index contributed by atoms with van der Waals surface area (Å²) in [5, 5.41) is 8.95. The highest BCUT2D eigenvalue weighted by Crippen LogP contribution is 2.69. The Bertz CT molecular complexity index is 459. The van der Waals surface area contributed by atoms with Crippen LogP contribution in [0.1, 0.15) is 39.5 Å². The van der Waals surface area contributed by atoms with Crippen molar-refractivity contribution >= 4 is 10.0 Å². The van der Waals surface area contributed by atoms with E-state index in [2.05, 4.69) is 13.8 Å². The van der Waals surface area contributed by atoms with Crippen molar-refractivity contribution in [3.8, 4) is 0 Å². The topological polar surface area (TPSA) is 57.6 Å². The van der Waals surface area contributed by atoms with E-state index in [-0.39, 0.29) is 23.5 Å². The average Bonchev–Trinajstić information content (AvgIpc) is 2.73. The molecular formula is C13H23NO3S. The van der Waals surface area contributed by atoms with Crippen molar-refractivity contribution in [2.45, 2.75) is 45.6 Å². The number of fused-ring (bicyclic) bond motifs is 1. The zero-order valence-corrected chi connectivity index (χ0v) is 12.0. The zero-order chi connectivity index (χ0) is 13.2. The van der Waals surface area contributed by atoms with E-state index in [4.69, 9.17) is 5.11 Å². The van der Waals surface area contributed by atoms with Gasteiger partial charge < -0.3 is 5.11 Å². The first-order valence-electron chi connectivity index (χ1n) is 6.95. The predicted octanol–water partition coefficient (Wildman–Crippen LogP) is 1.21. The van der Waals surface area contributed by atoms with Crippen molar-refractivity contribution in [3.05, 3.63) is 0 Å². The third kappa shape index (κ3) is 1.36. The molecule has 3 aliphatic rings. The van der Waals surface area contributed by atoms with E-state index < -0.39 is 10.0 Å². The number of sulfonamides is 1. The second kappa shape index (κ2) is 3.70. The Balaban J connectivity index is 1.97. The van der Waals surface area contributed by atoms with Crippen LogP contribution in [0.25, 0.3) is 0 Å². The monoisotopic (exact) mass is 273 g/mol. The highest BCUT2D eigenvalue weighted by molar-refractivity contribution is 7.89. The third-order valence-corrected chi connectivity index (χ3v) is 8.10. The molecule has 4 nitrogen and oxygen atoms in total. The van der Waals surface area contributed by atoms with Crippen LogP contribution >= 0.6 is 0 Å². The van der Waals surface area contributed by atoms with Crippen LogP contribution in [0, 0.1) is 16.7 Å². The van der Waals surface area contributed by atoms with Crippen LogP contribution in [-0.4, -0.2) is 42.8 Å². The van der Waals surface area contributed by atoms with Gasteiger partial charge in [0.05, 0.1) is 5.75 Å². The van der Waals surface area contributed by atoms with E-state index in [9.17, 15) is 8.42 Å². The van der Waals surface area contributed by atoms with E-state index in [1.165, 1.54) is 6.42 Å². The Morgan fingerprint density at radius 1 is 1.39 bits per heavy atom. The Morgan fingerprint density at radius 3 is 2.72 bits per heavy atom. The van der Waals surface area contributed by atoms with Crippen molar-refractivity contribution in [2.75, 3.05) is 18.9 Å². The molecule has 1 aliphatic heterocycles. The van der Waals surface area contributed by atoms with Gasteiger partial charge in [0.1, 0.15) is 0 Å². The molecule has 2 bridgehead atoms. The predicted molar refractivity (Wildman–Crippen MR) is 69.5 cm³/mol. The zero-order valence-electron chi connectivity index (χ0n) is 11.2. The van der Waals surface area contributed by atoms with Gasteiger partial charge in [0, 0.05) is 24.6 Å². The number of hydrogen-bond donors (Lipinski definition) is 1. The lowest BCUT2D eigenvalue weighted by Crippen LogP contribution is -2.42. The van der Waals surface area contributed by atoms with Gasteiger partial charge in [-0.2, -0.15) is 4.31 Å². The minimum Gasteiger partial charge on any atom is -0.396 e. The van der Waals surface area contributed by atoms with Crippen LogP contribution in [0.2, 0.25) is 0 Å². The summed E-state index contributed by atoms with van der Waals surface area (Å²) < 4.78 is 26.5. The number of nitrogens with zero attached hydrogens (tertiary/aromatic N) is 1. The molecule has 0 aromatic heterocycles. The Kier molecular flexibility index (Phi) is 2.65. The van der Waals surface area contributed by atoms with Gasteiger partial charge in [-0.1, -0.05) is 13.8 Å². The lowest BCUT2D eigenvalue weighted by Gasteiger charge is -2.37. The maximum Gasteiger partial charge on any atom is 0.215 e. The third-order valence-electron chi connectivity index (χ3n) is 6.07. The molecule has 3 atom stereocenters. The second-order valence-corrected chi connectivity index (χ2v) is 8.73. The molecule has 2 saturated carbocycles. The number of aliphatic hydroxyl groups is 1. The fraction of sp³-hybridized carbons (Fsp3) is 1.00. The average molecular weight is 273 g/mol. The van der Waals surface area contributed by atoms with Crippen LogP contribution in [-0.2, 0) is 10.0 Å². The molecule has 5 heteroatoms. The van der Waals surface area contributed by atoms with Crippen LogP contribution in [0.15, 0.2) is 0 Å². The fourth-order valence-corrected chi connectivity index (χ4v) is 7.50. The van der Waals surface area contributed by atoms with Crippen LogP contribution in [0.3, 0.4) is 0 Å². The van der Waals surface area contributed by atoms with Gasteiger partial charge in [-0.3, -0.25) is 0 Å². The molecule has 2 aliphatic carbocycles. The standard InChI is InChI=1S/C13H23NO3S/c1-12(2)10-4-5-13(12)9-18(16,17)14(6-3-7-15)11(13)8-10/h10-11,15H,3-9H2,1-2H3/t10-,11-,13-/m1/s1. The summed E-state index contributed by atoms with van der Waals surface area (Å²) >= 11 is 0. The SMILES string of the molecule is CC1(C)[C@@H]2CC[C@]13CS(=O)(=O)N(CCCO)[C@@H]3C2. The van der Waals surface area contributed by atoms with Crippen molar-refractivity contribution < 1.29 is 13.5 Å². The van der Waals surface area contributed by atoms with E-state index in [0.29, 0.717) is 24.6 Å². The van der Waals surface area contributed by atoms with E-state index in [0.717, 1.165) is 12.8 Å². The summed E-state index contributed by atoms with van der Waals surface area (Å²) in [7, 11) is -3.11. The molecule has 3 fully saturated rings. The number of hydrogen-bond acceptors (Lipinski definition) is 3. The lowest BCUT2D eigenvalue weighted by atomic mass is 9.69. The van der Waals surface area contributed by atoms with Crippen LogP contribution in [0.4, 0.5) is 0 Å². The van der Waals surface area contributed by atoms with E-state index in [1.54, 1.807) is 4.31 Å². The van der Waals surface area contributed by atoms with Gasteiger partial charge in [0.2, 0.25) is 10.0 Å². The molecule has 1 saturated heterocycles. The van der Waals surface area contributed by atoms with Gasteiger partial charge >= 0.3 is 0 Å². The van der Waals surface area contributed by atoms with Gasteiger partial charge in [-0.05, 0) is 37.0 Å². The lowest BCUT2D eigenvalue weighted by molar-refractivity contribution is 0.111. The molecule has 0 aromatic carbocycles. The smallest absolute Gasteiger partial charge is 0.215 e. The molecule has 0 amide bonds. The van der Waals surface area contributed by atoms with Gasteiger partial charge in [0.25, 0.3) is 0 Å². The molecule has 1 N–H and O–H groups in total. The largest absolute Gasteiger partial charge is 0.396 e.